The van der Waals surface area contributed by atoms with Crippen LogP contribution in [0.4, 0.5) is 0 Å². The predicted octanol–water partition coefficient (Wildman–Crippen LogP) is 4.30. The molecule has 3 atom stereocenters. The van der Waals surface area contributed by atoms with E-state index in [1.165, 1.54) is 32.1 Å². The first-order valence-corrected chi connectivity index (χ1v) is 7.29. The summed E-state index contributed by atoms with van der Waals surface area (Å²) >= 11 is 0. The lowest BCUT2D eigenvalue weighted by Crippen LogP contribution is -2.30. The van der Waals surface area contributed by atoms with Crippen LogP contribution in [-0.2, 0) is 4.74 Å². The summed E-state index contributed by atoms with van der Waals surface area (Å²) in [7, 11) is 0. The molecule has 1 saturated carbocycles. The van der Waals surface area contributed by atoms with E-state index in [4.69, 9.17) is 10.00 Å². The van der Waals surface area contributed by atoms with Crippen molar-refractivity contribution in [3.05, 3.63) is 0 Å². The molecular formula is C15H27NO. The van der Waals surface area contributed by atoms with Crippen molar-refractivity contribution in [2.45, 2.75) is 71.3 Å². The van der Waals surface area contributed by atoms with Crippen LogP contribution < -0.4 is 0 Å². The lowest BCUT2D eigenvalue weighted by Gasteiger charge is -2.30. The van der Waals surface area contributed by atoms with Gasteiger partial charge in [0.1, 0.15) is 0 Å². The molecule has 0 radical (unpaired) electrons. The standard InChI is InChI=1S/C15H27NO/c1-3-4-5-6-7-10-17-15-11-13(2)8-9-14(15)12-16/h13-15H,3-11H2,1-2H3. The van der Waals surface area contributed by atoms with E-state index in [0.717, 1.165) is 31.8 Å². The van der Waals surface area contributed by atoms with Gasteiger partial charge in [-0.2, -0.15) is 5.26 Å². The number of nitrogens with zero attached hydrogens (tertiary/aromatic N) is 1. The lowest BCUT2D eigenvalue weighted by atomic mass is 9.81. The molecule has 0 aromatic heterocycles. The zero-order valence-electron chi connectivity index (χ0n) is 11.5. The summed E-state index contributed by atoms with van der Waals surface area (Å²) in [5, 5.41) is 9.09. The molecule has 0 spiro atoms. The normalized spacial score (nSPS) is 28.9. The number of unbranched alkanes of at least 4 members (excludes halogenated alkanes) is 4. The lowest BCUT2D eigenvalue weighted by molar-refractivity contribution is -0.00862. The molecule has 98 valence electrons. The van der Waals surface area contributed by atoms with E-state index in [1.54, 1.807) is 0 Å². The van der Waals surface area contributed by atoms with Crippen LogP contribution in [0, 0.1) is 23.2 Å². The van der Waals surface area contributed by atoms with Crippen LogP contribution in [0.25, 0.3) is 0 Å². The van der Waals surface area contributed by atoms with E-state index in [9.17, 15) is 0 Å². The van der Waals surface area contributed by atoms with Gasteiger partial charge in [-0.25, -0.2) is 0 Å². The van der Waals surface area contributed by atoms with Gasteiger partial charge >= 0.3 is 0 Å². The van der Waals surface area contributed by atoms with Crippen LogP contribution in [-0.4, -0.2) is 12.7 Å². The molecule has 1 aliphatic carbocycles. The number of hydrogen-bond donors (Lipinski definition) is 0. The zero-order chi connectivity index (χ0) is 12.5. The third kappa shape index (κ3) is 5.55. The minimum Gasteiger partial charge on any atom is -0.377 e. The summed E-state index contributed by atoms with van der Waals surface area (Å²) in [5.74, 6) is 0.867. The third-order valence-electron chi connectivity index (χ3n) is 3.80. The van der Waals surface area contributed by atoms with Gasteiger partial charge in [-0.3, -0.25) is 0 Å². The summed E-state index contributed by atoms with van der Waals surface area (Å²) in [6.45, 7) is 5.35. The molecule has 0 amide bonds. The summed E-state index contributed by atoms with van der Waals surface area (Å²) in [6, 6.07) is 2.41. The van der Waals surface area contributed by atoms with Crippen LogP contribution in [0.5, 0.6) is 0 Å². The molecular weight excluding hydrogens is 210 g/mol. The molecule has 2 nitrogen and oxygen atoms in total. The fraction of sp³-hybridized carbons (Fsp3) is 0.933. The van der Waals surface area contributed by atoms with Crippen molar-refractivity contribution in [2.24, 2.45) is 11.8 Å². The molecule has 0 aromatic rings. The maximum Gasteiger partial charge on any atom is 0.0735 e. The fourth-order valence-corrected chi connectivity index (χ4v) is 2.60. The molecule has 1 rings (SSSR count). The second-order valence-electron chi connectivity index (χ2n) is 5.48. The Morgan fingerprint density at radius 1 is 1.18 bits per heavy atom. The van der Waals surface area contributed by atoms with E-state index in [0.29, 0.717) is 0 Å². The van der Waals surface area contributed by atoms with Crippen LogP contribution in [0.15, 0.2) is 0 Å². The Morgan fingerprint density at radius 2 is 1.94 bits per heavy atom. The summed E-state index contributed by atoms with van der Waals surface area (Å²) < 4.78 is 5.91. The van der Waals surface area contributed by atoms with Gasteiger partial charge in [0, 0.05) is 6.61 Å². The monoisotopic (exact) mass is 237 g/mol. The molecule has 0 saturated heterocycles. The van der Waals surface area contributed by atoms with Gasteiger partial charge in [-0.15, -0.1) is 0 Å². The van der Waals surface area contributed by atoms with Gasteiger partial charge in [0.05, 0.1) is 18.1 Å². The molecule has 1 aliphatic rings. The summed E-state index contributed by atoms with van der Waals surface area (Å²) in [6.07, 6.45) is 9.87. The first-order chi connectivity index (χ1) is 8.27. The quantitative estimate of drug-likeness (QED) is 0.618. The van der Waals surface area contributed by atoms with Crippen LogP contribution in [0.1, 0.15) is 65.2 Å². The van der Waals surface area contributed by atoms with Gasteiger partial charge in [0.2, 0.25) is 0 Å². The van der Waals surface area contributed by atoms with Gasteiger partial charge in [-0.1, -0.05) is 39.5 Å². The number of hydrogen-bond acceptors (Lipinski definition) is 2. The van der Waals surface area contributed by atoms with Crippen molar-refractivity contribution < 1.29 is 4.74 Å². The topological polar surface area (TPSA) is 33.0 Å². The molecule has 0 heterocycles. The van der Waals surface area contributed by atoms with Gasteiger partial charge in [-0.05, 0) is 31.6 Å². The SMILES string of the molecule is CCCCCCCOC1CC(C)CCC1C#N. The van der Waals surface area contributed by atoms with Gasteiger partial charge < -0.3 is 4.74 Å². The highest BCUT2D eigenvalue weighted by Gasteiger charge is 2.28. The second-order valence-corrected chi connectivity index (χ2v) is 5.48. The van der Waals surface area contributed by atoms with E-state index in [2.05, 4.69) is 19.9 Å². The maximum absolute atomic E-state index is 9.09. The Kier molecular flexibility index (Phi) is 7.28. The maximum atomic E-state index is 9.09. The summed E-state index contributed by atoms with van der Waals surface area (Å²) in [5.41, 5.74) is 0. The van der Waals surface area contributed by atoms with Gasteiger partial charge in [0.25, 0.3) is 0 Å². The van der Waals surface area contributed by atoms with Gasteiger partial charge in [0.15, 0.2) is 0 Å². The van der Waals surface area contributed by atoms with Crippen molar-refractivity contribution in [3.8, 4) is 6.07 Å². The van der Waals surface area contributed by atoms with E-state index < -0.39 is 0 Å². The predicted molar refractivity (Wildman–Crippen MR) is 70.6 cm³/mol. The second kappa shape index (κ2) is 8.53. The van der Waals surface area contributed by atoms with Crippen molar-refractivity contribution in [1.29, 1.82) is 5.26 Å². The molecule has 17 heavy (non-hydrogen) atoms. The van der Waals surface area contributed by atoms with Crippen molar-refractivity contribution in [3.63, 3.8) is 0 Å². The average molecular weight is 237 g/mol. The highest BCUT2D eigenvalue weighted by molar-refractivity contribution is 4.93. The Hall–Kier alpha value is -0.550. The highest BCUT2D eigenvalue weighted by Crippen LogP contribution is 2.30. The van der Waals surface area contributed by atoms with E-state index >= 15 is 0 Å². The molecule has 0 bridgehead atoms. The zero-order valence-corrected chi connectivity index (χ0v) is 11.5. The molecule has 0 aliphatic heterocycles. The Balaban J connectivity index is 2.13. The fourth-order valence-electron chi connectivity index (χ4n) is 2.60. The number of ether oxygens (including phenoxy) is 1. The summed E-state index contributed by atoms with van der Waals surface area (Å²) in [4.78, 5) is 0. The number of nitriles is 1. The van der Waals surface area contributed by atoms with Crippen molar-refractivity contribution >= 4 is 0 Å². The largest absolute Gasteiger partial charge is 0.377 e. The minimum atomic E-state index is 0.141. The van der Waals surface area contributed by atoms with E-state index in [-0.39, 0.29) is 12.0 Å². The highest BCUT2D eigenvalue weighted by atomic mass is 16.5. The minimum absolute atomic E-state index is 0.141. The molecule has 3 unspecified atom stereocenters. The molecule has 0 aromatic carbocycles. The first-order valence-electron chi connectivity index (χ1n) is 7.29. The molecule has 0 N–H and O–H groups in total. The van der Waals surface area contributed by atoms with E-state index in [1.807, 2.05) is 0 Å². The Labute approximate surface area is 106 Å². The van der Waals surface area contributed by atoms with Crippen LogP contribution in [0.2, 0.25) is 0 Å². The average Bonchev–Trinajstić information content (AvgIpc) is 2.34. The first kappa shape index (κ1) is 14.5. The third-order valence-corrected chi connectivity index (χ3v) is 3.80. The Morgan fingerprint density at radius 3 is 2.65 bits per heavy atom. The Bertz CT molecular complexity index is 234. The number of rotatable bonds is 7. The molecule has 1 fully saturated rings. The van der Waals surface area contributed by atoms with Crippen LogP contribution >= 0.6 is 0 Å². The van der Waals surface area contributed by atoms with Crippen molar-refractivity contribution in [2.75, 3.05) is 6.61 Å². The molecule has 2 heteroatoms. The van der Waals surface area contributed by atoms with Crippen LogP contribution in [0.3, 0.4) is 0 Å². The van der Waals surface area contributed by atoms with Crippen molar-refractivity contribution in [1.82, 2.24) is 0 Å². The smallest absolute Gasteiger partial charge is 0.0735 e.